The number of carbonyl (C=O) groups excluding carboxylic acids is 1. The van der Waals surface area contributed by atoms with Gasteiger partial charge in [0.25, 0.3) is 0 Å². The van der Waals surface area contributed by atoms with E-state index >= 15 is 0 Å². The van der Waals surface area contributed by atoms with E-state index in [4.69, 9.17) is 5.73 Å². The Morgan fingerprint density at radius 3 is 2.43 bits per heavy atom. The standard InChI is InChI=1S/C8H9NO2S.C2H6/c1-11-8(10)5-2-3-7(12)6(9)4-5;1-2/h2-4,12H,9H2,1H3;1-2H3. The second kappa shape index (κ2) is 6.32. The molecule has 1 aromatic carbocycles. The maximum atomic E-state index is 11.0. The molecule has 0 aliphatic heterocycles. The molecule has 2 N–H and O–H groups in total. The summed E-state index contributed by atoms with van der Waals surface area (Å²) in [6.45, 7) is 4.00. The van der Waals surface area contributed by atoms with Gasteiger partial charge in [0.1, 0.15) is 0 Å². The minimum absolute atomic E-state index is 0.393. The summed E-state index contributed by atoms with van der Waals surface area (Å²) in [6.07, 6.45) is 0. The van der Waals surface area contributed by atoms with E-state index in [1.165, 1.54) is 13.2 Å². The van der Waals surface area contributed by atoms with E-state index in [9.17, 15) is 4.79 Å². The van der Waals surface area contributed by atoms with E-state index < -0.39 is 5.97 Å². The second-order valence-electron chi connectivity index (χ2n) is 2.27. The van der Waals surface area contributed by atoms with Crippen LogP contribution in [0, 0.1) is 0 Å². The van der Waals surface area contributed by atoms with Crippen LogP contribution < -0.4 is 5.73 Å². The SMILES string of the molecule is CC.COC(=O)c1ccc(S)c(N)c1. The molecule has 1 rings (SSSR count). The lowest BCUT2D eigenvalue weighted by molar-refractivity contribution is 0.0600. The summed E-state index contributed by atoms with van der Waals surface area (Å²) in [5.74, 6) is -0.393. The van der Waals surface area contributed by atoms with Crippen LogP contribution in [-0.4, -0.2) is 13.1 Å². The number of nitrogens with two attached hydrogens (primary N) is 1. The molecular formula is C10H15NO2S. The molecule has 0 saturated heterocycles. The molecule has 3 nitrogen and oxygen atoms in total. The Kier molecular flexibility index (Phi) is 5.79. The van der Waals surface area contributed by atoms with Crippen molar-refractivity contribution >= 4 is 24.3 Å². The average Bonchev–Trinajstić information content (AvgIpc) is 2.24. The van der Waals surface area contributed by atoms with Crippen molar-refractivity contribution in [3.8, 4) is 0 Å². The van der Waals surface area contributed by atoms with Gasteiger partial charge in [-0.25, -0.2) is 4.79 Å². The maximum absolute atomic E-state index is 11.0. The molecule has 0 radical (unpaired) electrons. The predicted octanol–water partition coefficient (Wildman–Crippen LogP) is 2.37. The number of hydrogen-bond donors (Lipinski definition) is 2. The van der Waals surface area contributed by atoms with E-state index in [0.717, 1.165) is 0 Å². The minimum Gasteiger partial charge on any atom is -0.465 e. The van der Waals surface area contributed by atoms with E-state index in [1.54, 1.807) is 12.1 Å². The number of anilines is 1. The Morgan fingerprint density at radius 1 is 1.43 bits per heavy atom. The molecule has 0 saturated carbocycles. The number of carbonyl (C=O) groups is 1. The summed E-state index contributed by atoms with van der Waals surface area (Å²) in [4.78, 5) is 11.6. The Morgan fingerprint density at radius 2 is 2.00 bits per heavy atom. The molecule has 1 aromatic rings. The number of esters is 1. The zero-order chi connectivity index (χ0) is 11.1. The third kappa shape index (κ3) is 3.30. The molecule has 78 valence electrons. The van der Waals surface area contributed by atoms with Gasteiger partial charge in [-0.3, -0.25) is 0 Å². The molecule has 0 atom stereocenters. The molecule has 0 unspecified atom stereocenters. The Bertz CT molecular complexity index is 313. The van der Waals surface area contributed by atoms with Gasteiger partial charge in [0, 0.05) is 10.6 Å². The molecular weight excluding hydrogens is 198 g/mol. The van der Waals surface area contributed by atoms with Crippen LogP contribution in [0.2, 0.25) is 0 Å². The fraction of sp³-hybridized carbons (Fsp3) is 0.300. The molecule has 0 spiro atoms. The van der Waals surface area contributed by atoms with Gasteiger partial charge in [0.2, 0.25) is 0 Å². The van der Waals surface area contributed by atoms with E-state index in [-0.39, 0.29) is 0 Å². The van der Waals surface area contributed by atoms with Gasteiger partial charge in [-0.2, -0.15) is 0 Å². The van der Waals surface area contributed by atoms with Gasteiger partial charge in [-0.15, -0.1) is 12.6 Å². The van der Waals surface area contributed by atoms with Gasteiger partial charge < -0.3 is 10.5 Å². The van der Waals surface area contributed by atoms with Crippen LogP contribution in [0.4, 0.5) is 5.69 Å². The van der Waals surface area contributed by atoms with Gasteiger partial charge >= 0.3 is 5.97 Å². The highest BCUT2D eigenvalue weighted by molar-refractivity contribution is 7.80. The fourth-order valence-electron chi connectivity index (χ4n) is 0.799. The first kappa shape index (κ1) is 12.8. The largest absolute Gasteiger partial charge is 0.465 e. The highest BCUT2D eigenvalue weighted by Crippen LogP contribution is 2.17. The van der Waals surface area contributed by atoms with Crippen LogP contribution in [0.25, 0.3) is 0 Å². The molecule has 4 heteroatoms. The van der Waals surface area contributed by atoms with Crippen molar-refractivity contribution in [2.45, 2.75) is 18.7 Å². The molecule has 0 aromatic heterocycles. The van der Waals surface area contributed by atoms with Crippen molar-refractivity contribution in [1.82, 2.24) is 0 Å². The van der Waals surface area contributed by atoms with Crippen molar-refractivity contribution in [2.75, 3.05) is 12.8 Å². The van der Waals surface area contributed by atoms with Crippen molar-refractivity contribution in [1.29, 1.82) is 0 Å². The highest BCUT2D eigenvalue weighted by atomic mass is 32.1. The van der Waals surface area contributed by atoms with Crippen LogP contribution in [0.3, 0.4) is 0 Å². The van der Waals surface area contributed by atoms with E-state index in [2.05, 4.69) is 17.4 Å². The zero-order valence-corrected chi connectivity index (χ0v) is 9.47. The molecule has 0 amide bonds. The zero-order valence-electron chi connectivity index (χ0n) is 8.57. The quantitative estimate of drug-likeness (QED) is 0.428. The molecule has 0 aliphatic carbocycles. The smallest absolute Gasteiger partial charge is 0.337 e. The number of rotatable bonds is 1. The molecule has 0 bridgehead atoms. The second-order valence-corrected chi connectivity index (χ2v) is 2.75. The Balaban J connectivity index is 0.000000791. The molecule has 0 fully saturated rings. The fourth-order valence-corrected chi connectivity index (χ4v) is 0.938. The minimum atomic E-state index is -0.393. The van der Waals surface area contributed by atoms with Crippen molar-refractivity contribution in [2.24, 2.45) is 0 Å². The van der Waals surface area contributed by atoms with Gasteiger partial charge in [-0.05, 0) is 18.2 Å². The monoisotopic (exact) mass is 213 g/mol. The van der Waals surface area contributed by atoms with Crippen molar-refractivity contribution in [3.05, 3.63) is 23.8 Å². The third-order valence-electron chi connectivity index (χ3n) is 1.45. The number of nitrogen functional groups attached to an aromatic ring is 1. The first-order chi connectivity index (χ1) is 6.65. The van der Waals surface area contributed by atoms with E-state index in [1.807, 2.05) is 13.8 Å². The predicted molar refractivity (Wildman–Crippen MR) is 60.8 cm³/mol. The van der Waals surface area contributed by atoms with Crippen molar-refractivity contribution < 1.29 is 9.53 Å². The number of ether oxygens (including phenoxy) is 1. The van der Waals surface area contributed by atoms with Gasteiger partial charge in [0.15, 0.2) is 0 Å². The van der Waals surface area contributed by atoms with Crippen molar-refractivity contribution in [3.63, 3.8) is 0 Å². The lowest BCUT2D eigenvalue weighted by Crippen LogP contribution is -2.01. The summed E-state index contributed by atoms with van der Waals surface area (Å²) in [5.41, 5.74) is 6.44. The Hall–Kier alpha value is -1.16. The van der Waals surface area contributed by atoms with Crippen LogP contribution in [0.15, 0.2) is 23.1 Å². The third-order valence-corrected chi connectivity index (χ3v) is 1.86. The first-order valence-corrected chi connectivity index (χ1v) is 4.76. The van der Waals surface area contributed by atoms with Crippen LogP contribution >= 0.6 is 12.6 Å². The molecule has 0 heterocycles. The van der Waals surface area contributed by atoms with Crippen LogP contribution in [0.5, 0.6) is 0 Å². The summed E-state index contributed by atoms with van der Waals surface area (Å²) in [7, 11) is 1.33. The lowest BCUT2D eigenvalue weighted by atomic mass is 10.2. The normalized spacial score (nSPS) is 8.57. The average molecular weight is 213 g/mol. The number of thiol groups is 1. The highest BCUT2D eigenvalue weighted by Gasteiger charge is 2.05. The molecule has 14 heavy (non-hydrogen) atoms. The topological polar surface area (TPSA) is 52.3 Å². The lowest BCUT2D eigenvalue weighted by Gasteiger charge is -2.01. The summed E-state index contributed by atoms with van der Waals surface area (Å²) < 4.78 is 4.51. The first-order valence-electron chi connectivity index (χ1n) is 4.32. The maximum Gasteiger partial charge on any atom is 0.337 e. The molecule has 0 aliphatic rings. The summed E-state index contributed by atoms with van der Waals surface area (Å²) in [6, 6.07) is 4.81. The number of methoxy groups -OCH3 is 1. The van der Waals surface area contributed by atoms with Gasteiger partial charge in [0.05, 0.1) is 12.7 Å². The van der Waals surface area contributed by atoms with Gasteiger partial charge in [-0.1, -0.05) is 13.8 Å². The van der Waals surface area contributed by atoms with Crippen LogP contribution in [0.1, 0.15) is 24.2 Å². The summed E-state index contributed by atoms with van der Waals surface area (Å²) >= 11 is 4.07. The van der Waals surface area contributed by atoms with E-state index in [0.29, 0.717) is 16.1 Å². The van der Waals surface area contributed by atoms with Crippen LogP contribution in [-0.2, 0) is 4.74 Å². The number of hydrogen-bond acceptors (Lipinski definition) is 4. The number of benzene rings is 1. The summed E-state index contributed by atoms with van der Waals surface area (Å²) in [5, 5.41) is 0. The Labute approximate surface area is 89.7 Å².